The van der Waals surface area contributed by atoms with E-state index in [4.69, 9.17) is 0 Å². The number of thioether (sulfide) groups is 1. The van der Waals surface area contributed by atoms with Crippen molar-refractivity contribution in [3.05, 3.63) is 65.2 Å². The number of hydrogen-bond acceptors (Lipinski definition) is 7. The maximum absolute atomic E-state index is 12.7. The van der Waals surface area contributed by atoms with Crippen LogP contribution in [0.25, 0.3) is 0 Å². The summed E-state index contributed by atoms with van der Waals surface area (Å²) in [4.78, 5) is 19.5. The van der Waals surface area contributed by atoms with E-state index in [1.807, 2.05) is 43.3 Å². The molecule has 2 atom stereocenters. The van der Waals surface area contributed by atoms with Crippen molar-refractivity contribution in [1.82, 2.24) is 10.2 Å². The minimum absolute atomic E-state index is 0.00990. The maximum Gasteiger partial charge on any atom is 0.251 e. The molecule has 1 fully saturated rings. The Morgan fingerprint density at radius 3 is 2.73 bits per heavy atom. The van der Waals surface area contributed by atoms with Crippen LogP contribution in [0.4, 0.5) is 5.69 Å². The third-order valence-corrected chi connectivity index (χ3v) is 9.00. The number of rotatable bonds is 8. The zero-order valence-corrected chi connectivity index (χ0v) is 20.6. The van der Waals surface area contributed by atoms with Crippen LogP contribution in [0.3, 0.4) is 0 Å². The molecule has 1 amide bonds. The summed E-state index contributed by atoms with van der Waals surface area (Å²) >= 11 is 1.48. The molecular weight excluding hydrogens is 456 g/mol. The van der Waals surface area contributed by atoms with Crippen LogP contribution in [0, 0.1) is 6.92 Å². The number of carbonyl (C=O) groups is 1. The number of nitrogens with one attached hydrogen (secondary N) is 2. The summed E-state index contributed by atoms with van der Waals surface area (Å²) in [6, 6.07) is 15.7. The first-order chi connectivity index (χ1) is 15.8. The number of aryl methyl sites for hydroxylation is 1. The first kappa shape index (κ1) is 23.8. The van der Waals surface area contributed by atoms with Crippen molar-refractivity contribution in [3.63, 3.8) is 0 Å². The first-order valence-electron chi connectivity index (χ1n) is 11.1. The molecule has 2 unspecified atom stereocenters. The smallest absolute Gasteiger partial charge is 0.251 e. The number of amides is 1. The quantitative estimate of drug-likeness (QED) is 0.558. The van der Waals surface area contributed by atoms with Crippen molar-refractivity contribution >= 4 is 38.4 Å². The zero-order valence-electron chi connectivity index (χ0n) is 19.0. The third-order valence-electron chi connectivity index (χ3n) is 5.86. The van der Waals surface area contributed by atoms with E-state index in [-0.39, 0.29) is 28.7 Å². The van der Waals surface area contributed by atoms with Crippen LogP contribution in [-0.4, -0.2) is 67.3 Å². The second-order valence-corrected chi connectivity index (χ2v) is 12.1. The second-order valence-electron chi connectivity index (χ2n) is 8.72. The summed E-state index contributed by atoms with van der Waals surface area (Å²) in [5.74, 6) is 0.198. The van der Waals surface area contributed by atoms with E-state index in [0.29, 0.717) is 12.1 Å². The van der Waals surface area contributed by atoms with Gasteiger partial charge in [-0.3, -0.25) is 9.79 Å². The molecule has 0 spiro atoms. The summed E-state index contributed by atoms with van der Waals surface area (Å²) in [6.07, 6.45) is 0.866. The molecule has 2 aliphatic heterocycles. The van der Waals surface area contributed by atoms with Gasteiger partial charge in [-0.2, -0.15) is 0 Å². The highest BCUT2D eigenvalue weighted by atomic mass is 32.2. The van der Waals surface area contributed by atoms with Gasteiger partial charge in [0, 0.05) is 29.6 Å². The normalized spacial score (nSPS) is 21.0. The molecule has 0 radical (unpaired) electrons. The lowest BCUT2D eigenvalue weighted by molar-refractivity contribution is 0.0952. The number of nitrogens with zero attached hydrogens (tertiary/aromatic N) is 2. The highest BCUT2D eigenvalue weighted by Gasteiger charge is 2.42. The van der Waals surface area contributed by atoms with Crippen molar-refractivity contribution in [2.75, 3.05) is 37.0 Å². The maximum atomic E-state index is 12.7. The summed E-state index contributed by atoms with van der Waals surface area (Å²) in [6.45, 7) is 4.36. The molecule has 2 aliphatic rings. The molecule has 0 bridgehead atoms. The van der Waals surface area contributed by atoms with Gasteiger partial charge in [0.05, 0.1) is 17.5 Å². The molecular formula is C24H30N4O3S2. The van der Waals surface area contributed by atoms with Gasteiger partial charge < -0.3 is 15.5 Å². The minimum Gasteiger partial charge on any atom is -0.352 e. The minimum atomic E-state index is -2.97. The molecule has 33 heavy (non-hydrogen) atoms. The molecule has 2 aromatic rings. The molecule has 9 heteroatoms. The number of carbonyl (C=O) groups excluding carboxylic acids is 1. The summed E-state index contributed by atoms with van der Waals surface area (Å²) in [5, 5.41) is 7.02. The Morgan fingerprint density at radius 2 is 1.97 bits per heavy atom. The largest absolute Gasteiger partial charge is 0.352 e. The highest BCUT2D eigenvalue weighted by Crippen LogP contribution is 2.35. The molecule has 0 saturated carbocycles. The van der Waals surface area contributed by atoms with Crippen LogP contribution in [0.5, 0.6) is 0 Å². The Labute approximate surface area is 200 Å². The zero-order chi connectivity index (χ0) is 23.4. The van der Waals surface area contributed by atoms with E-state index in [0.717, 1.165) is 35.9 Å². The third kappa shape index (κ3) is 6.37. The number of sulfone groups is 1. The Hall–Kier alpha value is -2.36. The molecule has 2 heterocycles. The topological polar surface area (TPSA) is 90.9 Å². The van der Waals surface area contributed by atoms with Gasteiger partial charge in [-0.05, 0) is 50.2 Å². The first-order valence-corrected chi connectivity index (χ1v) is 13.8. The average molecular weight is 487 g/mol. The fraction of sp³-hybridized carbons (Fsp3) is 0.417. The summed E-state index contributed by atoms with van der Waals surface area (Å²) < 4.78 is 23.5. The highest BCUT2D eigenvalue weighted by molar-refractivity contribution is 8.15. The van der Waals surface area contributed by atoms with Gasteiger partial charge in [-0.15, -0.1) is 0 Å². The van der Waals surface area contributed by atoms with E-state index in [1.54, 1.807) is 0 Å². The fourth-order valence-corrected chi connectivity index (χ4v) is 7.72. The van der Waals surface area contributed by atoms with E-state index >= 15 is 0 Å². The van der Waals surface area contributed by atoms with Gasteiger partial charge in [0.15, 0.2) is 15.0 Å². The van der Waals surface area contributed by atoms with Gasteiger partial charge in [0.1, 0.15) is 0 Å². The molecule has 176 valence electrons. The molecule has 2 aromatic carbocycles. The van der Waals surface area contributed by atoms with Crippen LogP contribution in [-0.2, 0) is 16.4 Å². The van der Waals surface area contributed by atoms with E-state index < -0.39 is 9.84 Å². The number of hydrogen-bond donors (Lipinski definition) is 2. The number of anilines is 1. The summed E-state index contributed by atoms with van der Waals surface area (Å²) in [5.41, 5.74) is 3.69. The Morgan fingerprint density at radius 1 is 1.18 bits per heavy atom. The van der Waals surface area contributed by atoms with Crippen LogP contribution in [0.1, 0.15) is 27.9 Å². The molecule has 1 saturated heterocycles. The lowest BCUT2D eigenvalue weighted by Gasteiger charge is -2.17. The van der Waals surface area contributed by atoms with Crippen LogP contribution in [0.15, 0.2) is 53.5 Å². The van der Waals surface area contributed by atoms with Crippen molar-refractivity contribution in [2.45, 2.75) is 31.2 Å². The van der Waals surface area contributed by atoms with Gasteiger partial charge in [-0.1, -0.05) is 48.2 Å². The SMILES string of the molecule is Cc1ccc(C(=O)NCCCN(C)Cc2ccccc2)cc1NC1=NC2CS(=O)(=O)CC2S1. The van der Waals surface area contributed by atoms with Crippen molar-refractivity contribution in [1.29, 1.82) is 0 Å². The lowest BCUT2D eigenvalue weighted by Crippen LogP contribution is -2.28. The van der Waals surface area contributed by atoms with E-state index in [9.17, 15) is 13.2 Å². The lowest BCUT2D eigenvalue weighted by atomic mass is 10.1. The predicted molar refractivity (Wildman–Crippen MR) is 136 cm³/mol. The molecule has 0 aliphatic carbocycles. The Balaban J connectivity index is 1.26. The summed E-state index contributed by atoms with van der Waals surface area (Å²) in [7, 11) is -0.889. The molecule has 2 N–H and O–H groups in total. The van der Waals surface area contributed by atoms with Crippen molar-refractivity contribution in [3.8, 4) is 0 Å². The van der Waals surface area contributed by atoms with Gasteiger partial charge in [0.25, 0.3) is 5.91 Å². The standard InChI is InChI=1S/C24H30N4O3S2/c1-17-9-10-19(13-20(17)26-24-27-21-15-33(30,31)16-22(21)32-24)23(29)25-11-6-12-28(2)14-18-7-4-3-5-8-18/h3-5,7-10,13,21-22H,6,11-12,14-16H2,1-2H3,(H,25,29)(H,26,27). The monoisotopic (exact) mass is 486 g/mol. The van der Waals surface area contributed by atoms with Crippen LogP contribution < -0.4 is 10.6 Å². The van der Waals surface area contributed by atoms with E-state index in [2.05, 4.69) is 39.7 Å². The van der Waals surface area contributed by atoms with Gasteiger partial charge in [0.2, 0.25) is 0 Å². The predicted octanol–water partition coefficient (Wildman–Crippen LogP) is 2.93. The van der Waals surface area contributed by atoms with Crippen LogP contribution >= 0.6 is 11.8 Å². The molecule has 7 nitrogen and oxygen atoms in total. The molecule has 4 rings (SSSR count). The number of aliphatic imine (C=N–C) groups is 1. The number of amidine groups is 1. The number of benzene rings is 2. The second kappa shape index (κ2) is 10.3. The van der Waals surface area contributed by atoms with Crippen molar-refractivity contribution in [2.24, 2.45) is 4.99 Å². The molecule has 0 aromatic heterocycles. The average Bonchev–Trinajstić information content (AvgIpc) is 3.25. The van der Waals surface area contributed by atoms with Gasteiger partial charge in [-0.25, -0.2) is 8.42 Å². The van der Waals surface area contributed by atoms with Crippen molar-refractivity contribution < 1.29 is 13.2 Å². The van der Waals surface area contributed by atoms with Gasteiger partial charge >= 0.3 is 0 Å². The fourth-order valence-electron chi connectivity index (χ4n) is 4.06. The Kier molecular flexibility index (Phi) is 7.41. The number of fused-ring (bicyclic) bond motifs is 1. The van der Waals surface area contributed by atoms with E-state index in [1.165, 1.54) is 17.3 Å². The van der Waals surface area contributed by atoms with Crippen LogP contribution in [0.2, 0.25) is 0 Å². The Bertz CT molecular complexity index is 1140.